The first-order valence-corrected chi connectivity index (χ1v) is 6.26. The number of nitrogens with one attached hydrogen (secondary N) is 1. The molecule has 1 rings (SSSR count). The molecule has 1 N–H and O–H groups in total. The predicted molar refractivity (Wildman–Crippen MR) is 63.7 cm³/mol. The molecule has 16 heavy (non-hydrogen) atoms. The molecule has 96 valence electrons. The molecule has 4 heteroatoms. The summed E-state index contributed by atoms with van der Waals surface area (Å²) < 4.78 is 15.7. The van der Waals surface area contributed by atoms with Gasteiger partial charge in [0.05, 0.1) is 26.4 Å². The van der Waals surface area contributed by atoms with Crippen molar-refractivity contribution in [1.82, 2.24) is 5.32 Å². The molecular weight excluding hydrogens is 206 g/mol. The third kappa shape index (κ3) is 5.25. The van der Waals surface area contributed by atoms with Crippen molar-refractivity contribution < 1.29 is 14.2 Å². The maximum atomic E-state index is 5.41. The van der Waals surface area contributed by atoms with Crippen molar-refractivity contribution in [2.24, 2.45) is 5.92 Å². The molecule has 1 fully saturated rings. The Morgan fingerprint density at radius 1 is 1.38 bits per heavy atom. The summed E-state index contributed by atoms with van der Waals surface area (Å²) in [6.07, 6.45) is 2.35. The van der Waals surface area contributed by atoms with Crippen molar-refractivity contribution in [3.63, 3.8) is 0 Å². The van der Waals surface area contributed by atoms with Gasteiger partial charge >= 0.3 is 0 Å². The van der Waals surface area contributed by atoms with Crippen LogP contribution in [0.2, 0.25) is 0 Å². The van der Waals surface area contributed by atoms with Gasteiger partial charge in [0.1, 0.15) is 0 Å². The monoisotopic (exact) mass is 231 g/mol. The van der Waals surface area contributed by atoms with Crippen molar-refractivity contribution in [3.05, 3.63) is 0 Å². The predicted octanol–water partition coefficient (Wildman–Crippen LogP) is 1.05. The van der Waals surface area contributed by atoms with Crippen molar-refractivity contribution in [2.45, 2.75) is 25.8 Å². The highest BCUT2D eigenvalue weighted by atomic mass is 16.5. The molecule has 2 atom stereocenters. The molecule has 0 aromatic carbocycles. The standard InChI is InChI=1S/C12H25NO3/c1-3-12(11-4-6-16-10-11)13-5-7-15-9-8-14-2/h11-13H,3-10H2,1-2H3. The molecule has 0 aliphatic carbocycles. The van der Waals surface area contributed by atoms with Crippen LogP contribution in [0.1, 0.15) is 19.8 Å². The third-order valence-corrected chi connectivity index (χ3v) is 3.06. The second kappa shape index (κ2) is 8.93. The van der Waals surface area contributed by atoms with Crippen LogP contribution in [0, 0.1) is 5.92 Å². The molecule has 1 saturated heterocycles. The molecule has 0 spiro atoms. The minimum atomic E-state index is 0.577. The van der Waals surface area contributed by atoms with E-state index in [1.165, 1.54) is 6.42 Å². The highest BCUT2D eigenvalue weighted by molar-refractivity contribution is 4.78. The molecule has 1 aliphatic heterocycles. The summed E-state index contributed by atoms with van der Waals surface area (Å²) in [5.41, 5.74) is 0. The van der Waals surface area contributed by atoms with E-state index >= 15 is 0 Å². The fraction of sp³-hybridized carbons (Fsp3) is 1.00. The lowest BCUT2D eigenvalue weighted by Gasteiger charge is -2.22. The lowest BCUT2D eigenvalue weighted by atomic mass is 9.97. The van der Waals surface area contributed by atoms with Crippen LogP contribution in [0.4, 0.5) is 0 Å². The second-order valence-electron chi connectivity index (χ2n) is 4.20. The highest BCUT2D eigenvalue weighted by Gasteiger charge is 2.23. The Morgan fingerprint density at radius 3 is 2.88 bits per heavy atom. The summed E-state index contributed by atoms with van der Waals surface area (Å²) in [5.74, 6) is 0.684. The number of hydrogen-bond donors (Lipinski definition) is 1. The summed E-state index contributed by atoms with van der Waals surface area (Å²) in [5, 5.41) is 3.54. The van der Waals surface area contributed by atoms with Crippen LogP contribution in [-0.2, 0) is 14.2 Å². The van der Waals surface area contributed by atoms with E-state index in [9.17, 15) is 0 Å². The van der Waals surface area contributed by atoms with E-state index in [-0.39, 0.29) is 0 Å². The number of ether oxygens (including phenoxy) is 3. The average Bonchev–Trinajstić information content (AvgIpc) is 2.82. The van der Waals surface area contributed by atoms with Crippen molar-refractivity contribution >= 4 is 0 Å². The summed E-state index contributed by atoms with van der Waals surface area (Å²) in [7, 11) is 1.69. The normalized spacial score (nSPS) is 22.5. The number of methoxy groups -OCH3 is 1. The maximum Gasteiger partial charge on any atom is 0.0700 e. The fourth-order valence-electron chi connectivity index (χ4n) is 2.08. The zero-order valence-electron chi connectivity index (χ0n) is 10.5. The van der Waals surface area contributed by atoms with E-state index in [2.05, 4.69) is 12.2 Å². The largest absolute Gasteiger partial charge is 0.382 e. The van der Waals surface area contributed by atoms with Gasteiger partial charge in [-0.25, -0.2) is 0 Å². The van der Waals surface area contributed by atoms with Gasteiger partial charge in [-0.3, -0.25) is 0 Å². The van der Waals surface area contributed by atoms with E-state index in [0.717, 1.165) is 32.8 Å². The van der Waals surface area contributed by atoms with Gasteiger partial charge in [0, 0.05) is 26.3 Å². The van der Waals surface area contributed by atoms with Gasteiger partial charge in [-0.15, -0.1) is 0 Å². The Hall–Kier alpha value is -0.160. The van der Waals surface area contributed by atoms with E-state index in [1.807, 2.05) is 0 Å². The first-order chi connectivity index (χ1) is 7.88. The lowest BCUT2D eigenvalue weighted by Crippen LogP contribution is -2.38. The van der Waals surface area contributed by atoms with E-state index in [4.69, 9.17) is 14.2 Å². The van der Waals surface area contributed by atoms with Crippen molar-refractivity contribution in [2.75, 3.05) is 46.7 Å². The van der Waals surface area contributed by atoms with Crippen LogP contribution < -0.4 is 5.32 Å². The van der Waals surface area contributed by atoms with Gasteiger partial charge in [-0.05, 0) is 18.8 Å². The Morgan fingerprint density at radius 2 is 2.25 bits per heavy atom. The summed E-state index contributed by atoms with van der Waals surface area (Å²) >= 11 is 0. The smallest absolute Gasteiger partial charge is 0.0700 e. The highest BCUT2D eigenvalue weighted by Crippen LogP contribution is 2.18. The first-order valence-electron chi connectivity index (χ1n) is 6.26. The Kier molecular flexibility index (Phi) is 7.76. The van der Waals surface area contributed by atoms with Crippen LogP contribution in [0.15, 0.2) is 0 Å². The van der Waals surface area contributed by atoms with Crippen LogP contribution in [-0.4, -0.2) is 52.7 Å². The Labute approximate surface area is 98.6 Å². The van der Waals surface area contributed by atoms with Crippen molar-refractivity contribution in [1.29, 1.82) is 0 Å². The Balaban J connectivity index is 2.00. The zero-order chi connectivity index (χ0) is 11.6. The molecule has 0 radical (unpaired) electrons. The molecule has 1 heterocycles. The maximum absolute atomic E-state index is 5.41. The van der Waals surface area contributed by atoms with Crippen LogP contribution in [0.5, 0.6) is 0 Å². The van der Waals surface area contributed by atoms with Gasteiger partial charge in [0.15, 0.2) is 0 Å². The molecule has 0 amide bonds. The average molecular weight is 231 g/mol. The van der Waals surface area contributed by atoms with E-state index in [0.29, 0.717) is 25.2 Å². The summed E-state index contributed by atoms with van der Waals surface area (Å²) in [6.45, 7) is 7.09. The van der Waals surface area contributed by atoms with Gasteiger partial charge in [-0.2, -0.15) is 0 Å². The van der Waals surface area contributed by atoms with Crippen LogP contribution in [0.25, 0.3) is 0 Å². The molecule has 2 unspecified atom stereocenters. The lowest BCUT2D eigenvalue weighted by molar-refractivity contribution is 0.0698. The molecule has 4 nitrogen and oxygen atoms in total. The first kappa shape index (κ1) is 13.9. The third-order valence-electron chi connectivity index (χ3n) is 3.06. The van der Waals surface area contributed by atoms with Crippen molar-refractivity contribution in [3.8, 4) is 0 Å². The minimum Gasteiger partial charge on any atom is -0.382 e. The molecule has 0 bridgehead atoms. The topological polar surface area (TPSA) is 39.7 Å². The summed E-state index contributed by atoms with van der Waals surface area (Å²) in [6, 6.07) is 0.577. The molecule has 0 aromatic heterocycles. The van der Waals surface area contributed by atoms with Gasteiger partial charge in [0.25, 0.3) is 0 Å². The zero-order valence-corrected chi connectivity index (χ0v) is 10.5. The molecular formula is C12H25NO3. The quantitative estimate of drug-likeness (QED) is 0.602. The second-order valence-corrected chi connectivity index (χ2v) is 4.20. The molecule has 0 saturated carbocycles. The van der Waals surface area contributed by atoms with Gasteiger partial charge < -0.3 is 19.5 Å². The Bertz CT molecular complexity index is 160. The fourth-order valence-corrected chi connectivity index (χ4v) is 2.08. The molecule has 0 aromatic rings. The SMILES string of the molecule is CCC(NCCOCCOC)C1CCOC1. The van der Waals surface area contributed by atoms with Gasteiger partial charge in [-0.1, -0.05) is 6.92 Å². The summed E-state index contributed by atoms with van der Waals surface area (Å²) in [4.78, 5) is 0. The van der Waals surface area contributed by atoms with Crippen LogP contribution in [0.3, 0.4) is 0 Å². The van der Waals surface area contributed by atoms with E-state index in [1.54, 1.807) is 7.11 Å². The van der Waals surface area contributed by atoms with Crippen LogP contribution >= 0.6 is 0 Å². The molecule has 1 aliphatic rings. The number of hydrogen-bond acceptors (Lipinski definition) is 4. The van der Waals surface area contributed by atoms with Gasteiger partial charge in [0.2, 0.25) is 0 Å². The number of rotatable bonds is 9. The minimum absolute atomic E-state index is 0.577. The van der Waals surface area contributed by atoms with E-state index < -0.39 is 0 Å².